The van der Waals surface area contributed by atoms with Crippen molar-refractivity contribution in [3.05, 3.63) is 119 Å². The van der Waals surface area contributed by atoms with Crippen molar-refractivity contribution in [1.29, 1.82) is 5.26 Å². The van der Waals surface area contributed by atoms with E-state index in [9.17, 15) is 4.79 Å². The van der Waals surface area contributed by atoms with Crippen LogP contribution < -0.4 is 9.47 Å². The Morgan fingerprint density at radius 1 is 0.848 bits per heavy atom. The minimum absolute atomic E-state index is 0.248. The van der Waals surface area contributed by atoms with E-state index in [-0.39, 0.29) is 6.61 Å². The Labute approximate surface area is 193 Å². The number of nitrogens with zero attached hydrogens (tertiary/aromatic N) is 1. The first-order chi connectivity index (χ1) is 16.2. The predicted octanol–water partition coefficient (Wildman–Crippen LogP) is 6.50. The van der Waals surface area contributed by atoms with E-state index in [4.69, 9.17) is 14.7 Å². The standard InChI is InChI=1S/C29H23NO3/c1-21-26(11-6-12-28(21)24-9-3-2-4-10-24)20-32-27-14-13-25(18-31)29(16-27)33-19-23-8-5-7-22(15-23)17-30/h2-16,18H,19-20H2,1H3. The second kappa shape index (κ2) is 10.3. The van der Waals surface area contributed by atoms with Crippen molar-refractivity contribution < 1.29 is 14.3 Å². The number of carbonyl (C=O) groups is 1. The fourth-order valence-corrected chi connectivity index (χ4v) is 3.65. The van der Waals surface area contributed by atoms with Crippen LogP contribution in [0.2, 0.25) is 0 Å². The van der Waals surface area contributed by atoms with Crippen molar-refractivity contribution in [3.63, 3.8) is 0 Å². The van der Waals surface area contributed by atoms with Crippen molar-refractivity contribution in [3.8, 4) is 28.7 Å². The molecule has 4 aromatic carbocycles. The summed E-state index contributed by atoms with van der Waals surface area (Å²) in [4.78, 5) is 11.5. The molecule has 0 aliphatic rings. The van der Waals surface area contributed by atoms with Gasteiger partial charge in [-0.25, -0.2) is 0 Å². The minimum Gasteiger partial charge on any atom is -0.489 e. The SMILES string of the molecule is Cc1c(COc2ccc(C=O)c(OCc3cccc(C#N)c3)c2)cccc1-c1ccccc1. The monoisotopic (exact) mass is 433 g/mol. The third kappa shape index (κ3) is 5.28. The molecule has 0 heterocycles. The van der Waals surface area contributed by atoms with Crippen molar-refractivity contribution in [2.45, 2.75) is 20.1 Å². The Hall–Kier alpha value is -4.36. The first kappa shape index (κ1) is 21.9. The van der Waals surface area contributed by atoms with Gasteiger partial charge in [-0.1, -0.05) is 60.7 Å². The van der Waals surface area contributed by atoms with Gasteiger partial charge >= 0.3 is 0 Å². The van der Waals surface area contributed by atoms with Gasteiger partial charge in [-0.15, -0.1) is 0 Å². The molecule has 0 saturated carbocycles. The molecule has 0 atom stereocenters. The van der Waals surface area contributed by atoms with Gasteiger partial charge in [-0.2, -0.15) is 5.26 Å². The smallest absolute Gasteiger partial charge is 0.153 e. The summed E-state index contributed by atoms with van der Waals surface area (Å²) in [6.07, 6.45) is 0.762. The van der Waals surface area contributed by atoms with Crippen LogP contribution in [0.3, 0.4) is 0 Å². The highest BCUT2D eigenvalue weighted by Gasteiger charge is 2.10. The molecule has 33 heavy (non-hydrogen) atoms. The van der Waals surface area contributed by atoms with Crippen LogP contribution in [0.4, 0.5) is 0 Å². The summed E-state index contributed by atoms with van der Waals surface area (Å²) < 4.78 is 11.9. The van der Waals surface area contributed by atoms with Gasteiger partial charge in [0.1, 0.15) is 24.7 Å². The zero-order chi connectivity index (χ0) is 23.0. The molecular weight excluding hydrogens is 410 g/mol. The van der Waals surface area contributed by atoms with Crippen LogP contribution in [0, 0.1) is 18.3 Å². The Balaban J connectivity index is 1.49. The van der Waals surface area contributed by atoms with E-state index in [1.807, 2.05) is 36.4 Å². The highest BCUT2D eigenvalue weighted by atomic mass is 16.5. The third-order valence-corrected chi connectivity index (χ3v) is 5.49. The summed E-state index contributed by atoms with van der Waals surface area (Å²) >= 11 is 0. The largest absolute Gasteiger partial charge is 0.489 e. The third-order valence-electron chi connectivity index (χ3n) is 5.49. The average Bonchev–Trinajstić information content (AvgIpc) is 2.87. The summed E-state index contributed by atoms with van der Waals surface area (Å²) in [5, 5.41) is 9.07. The molecule has 0 amide bonds. The average molecular weight is 434 g/mol. The summed E-state index contributed by atoms with van der Waals surface area (Å²) in [6, 6.07) is 31.0. The number of rotatable bonds is 8. The lowest BCUT2D eigenvalue weighted by Gasteiger charge is -2.14. The van der Waals surface area contributed by atoms with E-state index in [1.54, 1.807) is 30.3 Å². The van der Waals surface area contributed by atoms with Gasteiger partial charge in [0.15, 0.2) is 6.29 Å². The Kier molecular flexibility index (Phi) is 6.82. The Morgan fingerprint density at radius 2 is 1.67 bits per heavy atom. The van der Waals surface area contributed by atoms with Crippen molar-refractivity contribution in [2.75, 3.05) is 0 Å². The van der Waals surface area contributed by atoms with Crippen molar-refractivity contribution in [1.82, 2.24) is 0 Å². The van der Waals surface area contributed by atoms with Gasteiger partial charge < -0.3 is 9.47 Å². The van der Waals surface area contributed by atoms with E-state index in [2.05, 4.69) is 37.3 Å². The number of nitriles is 1. The topological polar surface area (TPSA) is 59.3 Å². The number of benzene rings is 4. The molecular formula is C29H23NO3. The van der Waals surface area contributed by atoms with Gasteiger partial charge in [0, 0.05) is 6.07 Å². The number of carbonyl (C=O) groups excluding carboxylic acids is 1. The highest BCUT2D eigenvalue weighted by molar-refractivity contribution is 5.79. The number of aldehydes is 1. The zero-order valence-electron chi connectivity index (χ0n) is 18.3. The summed E-state index contributed by atoms with van der Waals surface area (Å²) in [7, 11) is 0. The maximum Gasteiger partial charge on any atom is 0.153 e. The van der Waals surface area contributed by atoms with E-state index in [1.165, 1.54) is 16.7 Å². The molecule has 0 aliphatic carbocycles. The number of hydrogen-bond acceptors (Lipinski definition) is 4. The van der Waals surface area contributed by atoms with Gasteiger partial charge in [0.05, 0.1) is 17.2 Å². The number of ether oxygens (including phenoxy) is 2. The molecule has 4 aromatic rings. The van der Waals surface area contributed by atoms with Crippen LogP contribution >= 0.6 is 0 Å². The second-order valence-electron chi connectivity index (χ2n) is 7.66. The highest BCUT2D eigenvalue weighted by Crippen LogP contribution is 2.28. The lowest BCUT2D eigenvalue weighted by atomic mass is 9.97. The molecule has 0 N–H and O–H groups in total. The van der Waals surface area contributed by atoms with Crippen molar-refractivity contribution >= 4 is 6.29 Å². The maximum atomic E-state index is 11.5. The molecule has 0 bridgehead atoms. The molecule has 0 radical (unpaired) electrons. The maximum absolute atomic E-state index is 11.5. The molecule has 4 nitrogen and oxygen atoms in total. The fourth-order valence-electron chi connectivity index (χ4n) is 3.65. The van der Waals surface area contributed by atoms with Gasteiger partial charge in [-0.3, -0.25) is 4.79 Å². The van der Waals surface area contributed by atoms with Crippen LogP contribution in [0.25, 0.3) is 11.1 Å². The van der Waals surface area contributed by atoms with E-state index in [0.717, 1.165) is 17.4 Å². The van der Waals surface area contributed by atoms with Crippen LogP contribution in [0.1, 0.15) is 32.6 Å². The quantitative estimate of drug-likeness (QED) is 0.297. The molecule has 0 aliphatic heterocycles. The van der Waals surface area contributed by atoms with Crippen LogP contribution in [0.5, 0.6) is 11.5 Å². The van der Waals surface area contributed by atoms with E-state index < -0.39 is 0 Å². The molecule has 0 fully saturated rings. The zero-order valence-corrected chi connectivity index (χ0v) is 18.3. The molecule has 0 unspecified atom stereocenters. The van der Waals surface area contributed by atoms with Crippen LogP contribution in [-0.2, 0) is 13.2 Å². The fraction of sp³-hybridized carbons (Fsp3) is 0.103. The Bertz CT molecular complexity index is 1310. The Morgan fingerprint density at radius 3 is 2.45 bits per heavy atom. The van der Waals surface area contributed by atoms with Crippen LogP contribution in [-0.4, -0.2) is 6.29 Å². The molecule has 162 valence electrons. The molecule has 4 heteroatoms. The summed E-state index contributed by atoms with van der Waals surface area (Å²) in [6.45, 7) is 2.75. The van der Waals surface area contributed by atoms with Crippen molar-refractivity contribution in [2.24, 2.45) is 0 Å². The molecule has 0 saturated heterocycles. The molecule has 0 spiro atoms. The van der Waals surface area contributed by atoms with Crippen LogP contribution in [0.15, 0.2) is 91.0 Å². The van der Waals surface area contributed by atoms with Gasteiger partial charge in [0.2, 0.25) is 0 Å². The normalized spacial score (nSPS) is 10.3. The minimum atomic E-state index is 0.248. The first-order valence-corrected chi connectivity index (χ1v) is 10.7. The summed E-state index contributed by atoms with van der Waals surface area (Å²) in [5.74, 6) is 1.06. The second-order valence-corrected chi connectivity index (χ2v) is 7.66. The number of hydrogen-bond donors (Lipinski definition) is 0. The van der Waals surface area contributed by atoms with E-state index >= 15 is 0 Å². The van der Waals surface area contributed by atoms with Gasteiger partial charge in [0.25, 0.3) is 0 Å². The molecule has 4 rings (SSSR count). The first-order valence-electron chi connectivity index (χ1n) is 10.7. The summed E-state index contributed by atoms with van der Waals surface area (Å²) in [5.41, 5.74) is 6.47. The van der Waals surface area contributed by atoms with Gasteiger partial charge in [-0.05, 0) is 59.0 Å². The lowest BCUT2D eigenvalue weighted by Crippen LogP contribution is -2.02. The molecule has 0 aromatic heterocycles. The predicted molar refractivity (Wildman–Crippen MR) is 128 cm³/mol. The lowest BCUT2D eigenvalue weighted by molar-refractivity contribution is 0.111. The van der Waals surface area contributed by atoms with E-state index in [0.29, 0.717) is 29.2 Å².